The number of nitrogens with zero attached hydrogens (tertiary/aromatic N) is 3. The Hall–Kier alpha value is -2.68. The first-order valence-electron chi connectivity index (χ1n) is 10.6. The number of hydrogen-bond acceptors (Lipinski definition) is 6. The van der Waals surface area contributed by atoms with Crippen LogP contribution in [0.25, 0.3) is 11.5 Å². The molecule has 1 fully saturated rings. The summed E-state index contributed by atoms with van der Waals surface area (Å²) in [5.74, 6) is 0.391. The highest BCUT2D eigenvalue weighted by atomic mass is 35.5. The first-order valence-corrected chi connectivity index (χ1v) is 11.4. The molecule has 2 atom stereocenters. The molecule has 0 aliphatic carbocycles. The van der Waals surface area contributed by atoms with E-state index >= 15 is 0 Å². The highest BCUT2D eigenvalue weighted by Gasteiger charge is 2.32. The molecule has 1 saturated heterocycles. The van der Waals surface area contributed by atoms with Gasteiger partial charge in [0.15, 0.2) is 6.61 Å². The number of carbonyl (C=O) groups excluding carboxylic acids is 1. The van der Waals surface area contributed by atoms with Crippen LogP contribution in [0.1, 0.15) is 31.7 Å². The highest BCUT2D eigenvalue weighted by molar-refractivity contribution is 6.31. The smallest absolute Gasteiger partial charge is 0.258 e. The van der Waals surface area contributed by atoms with Gasteiger partial charge in [-0.15, -0.1) is 10.2 Å². The Kier molecular flexibility index (Phi) is 7.47. The summed E-state index contributed by atoms with van der Waals surface area (Å²) in [6.45, 7) is 3.24. The number of halogens is 3. The molecule has 3 aromatic rings. The number of aromatic nitrogens is 2. The van der Waals surface area contributed by atoms with Gasteiger partial charge in [0.2, 0.25) is 11.8 Å². The van der Waals surface area contributed by atoms with E-state index in [0.717, 1.165) is 31.0 Å². The molecule has 0 bridgehead atoms. The van der Waals surface area contributed by atoms with Crippen LogP contribution in [-0.2, 0) is 4.79 Å². The van der Waals surface area contributed by atoms with Gasteiger partial charge in [-0.25, -0.2) is 4.39 Å². The normalized spacial score (nSPS) is 18.8. The van der Waals surface area contributed by atoms with Gasteiger partial charge in [0.25, 0.3) is 5.91 Å². The molecule has 1 aromatic heterocycles. The summed E-state index contributed by atoms with van der Waals surface area (Å²) in [5, 5.41) is 12.1. The van der Waals surface area contributed by atoms with Crippen LogP contribution in [0.3, 0.4) is 0 Å². The van der Waals surface area contributed by atoms with Crippen LogP contribution >= 0.6 is 23.2 Å². The maximum atomic E-state index is 13.5. The highest BCUT2D eigenvalue weighted by Crippen LogP contribution is 2.32. The van der Waals surface area contributed by atoms with Crippen molar-refractivity contribution in [1.29, 1.82) is 0 Å². The van der Waals surface area contributed by atoms with Gasteiger partial charge in [-0.3, -0.25) is 9.69 Å². The minimum atomic E-state index is -0.591. The molecule has 0 unspecified atom stereocenters. The van der Waals surface area contributed by atoms with E-state index in [-0.39, 0.29) is 35.4 Å². The van der Waals surface area contributed by atoms with Crippen molar-refractivity contribution in [1.82, 2.24) is 20.4 Å². The largest absolute Gasteiger partial charge is 0.484 e. The molecule has 174 valence electrons. The molecule has 33 heavy (non-hydrogen) atoms. The number of likely N-dealkylation sites (tertiary alicyclic amines) is 1. The Bertz CT molecular complexity index is 1110. The van der Waals surface area contributed by atoms with E-state index in [4.69, 9.17) is 32.4 Å². The quantitative estimate of drug-likeness (QED) is 0.504. The van der Waals surface area contributed by atoms with Gasteiger partial charge in [-0.1, -0.05) is 30.1 Å². The van der Waals surface area contributed by atoms with E-state index in [1.165, 1.54) is 12.1 Å². The Labute approximate surface area is 200 Å². The molecule has 1 amide bonds. The lowest BCUT2D eigenvalue weighted by molar-refractivity contribution is -0.124. The molecule has 2 heterocycles. The van der Waals surface area contributed by atoms with E-state index in [2.05, 4.69) is 20.4 Å². The number of amides is 1. The molecule has 4 rings (SSSR count). The number of likely N-dealkylation sites (N-methyl/N-ethyl adjacent to an activating group) is 1. The minimum Gasteiger partial charge on any atom is -0.484 e. The van der Waals surface area contributed by atoms with Crippen molar-refractivity contribution < 1.29 is 18.3 Å². The number of carbonyl (C=O) groups is 1. The van der Waals surface area contributed by atoms with Crippen LogP contribution in [0, 0.1) is 5.82 Å². The van der Waals surface area contributed by atoms with E-state index in [1.54, 1.807) is 12.1 Å². The van der Waals surface area contributed by atoms with Crippen LogP contribution < -0.4 is 10.1 Å². The van der Waals surface area contributed by atoms with Gasteiger partial charge >= 0.3 is 0 Å². The second-order valence-electron chi connectivity index (χ2n) is 7.76. The summed E-state index contributed by atoms with van der Waals surface area (Å²) in [6.07, 6.45) is 1.51. The third-order valence-electron chi connectivity index (χ3n) is 5.53. The second-order valence-corrected chi connectivity index (χ2v) is 8.61. The molecular formula is C23H23Cl2FN4O3. The van der Waals surface area contributed by atoms with Crippen molar-refractivity contribution in [2.24, 2.45) is 0 Å². The third kappa shape index (κ3) is 5.82. The topological polar surface area (TPSA) is 80.5 Å². The molecule has 1 aliphatic heterocycles. The predicted molar refractivity (Wildman–Crippen MR) is 123 cm³/mol. The zero-order valence-electron chi connectivity index (χ0n) is 17.9. The van der Waals surface area contributed by atoms with Gasteiger partial charge < -0.3 is 14.5 Å². The van der Waals surface area contributed by atoms with Gasteiger partial charge in [0.1, 0.15) is 11.6 Å². The van der Waals surface area contributed by atoms with Gasteiger partial charge in [0.05, 0.1) is 11.1 Å². The first kappa shape index (κ1) is 23.5. The molecule has 7 nitrogen and oxygen atoms in total. The Morgan fingerprint density at radius 1 is 1.21 bits per heavy atom. The SMILES string of the molecule is CCN1C[C@@H](NC(=O)COc2ccc(Cl)c(F)c2)CC[C@@H]1c1nnc(-c2ccc(Cl)cc2)o1. The Balaban J connectivity index is 1.32. The van der Waals surface area contributed by atoms with Crippen molar-refractivity contribution in [3.05, 3.63) is 64.2 Å². The molecule has 0 saturated carbocycles. The van der Waals surface area contributed by atoms with Crippen molar-refractivity contribution >= 4 is 29.1 Å². The zero-order valence-corrected chi connectivity index (χ0v) is 19.4. The van der Waals surface area contributed by atoms with E-state index in [9.17, 15) is 9.18 Å². The van der Waals surface area contributed by atoms with Crippen LogP contribution in [-0.4, -0.2) is 46.7 Å². The number of benzene rings is 2. The van der Waals surface area contributed by atoms with Crippen molar-refractivity contribution in [3.63, 3.8) is 0 Å². The minimum absolute atomic E-state index is 0.00440. The van der Waals surface area contributed by atoms with Crippen molar-refractivity contribution in [2.45, 2.75) is 31.8 Å². The zero-order chi connectivity index (χ0) is 23.4. The van der Waals surface area contributed by atoms with Crippen molar-refractivity contribution in [3.8, 4) is 17.2 Å². The predicted octanol–water partition coefficient (Wildman–Crippen LogP) is 4.90. The number of rotatable bonds is 7. The summed E-state index contributed by atoms with van der Waals surface area (Å²) < 4.78 is 24.8. The molecule has 10 heteroatoms. The fourth-order valence-corrected chi connectivity index (χ4v) is 4.10. The molecule has 0 radical (unpaired) electrons. The van der Waals surface area contributed by atoms with E-state index in [1.807, 2.05) is 19.1 Å². The maximum absolute atomic E-state index is 13.5. The van der Waals surface area contributed by atoms with Gasteiger partial charge in [-0.05, 0) is 55.8 Å². The summed E-state index contributed by atoms with van der Waals surface area (Å²) in [6, 6.07) is 11.2. The Morgan fingerprint density at radius 2 is 2.00 bits per heavy atom. The lowest BCUT2D eigenvalue weighted by Gasteiger charge is -2.37. The fourth-order valence-electron chi connectivity index (χ4n) is 3.85. The van der Waals surface area contributed by atoms with Crippen LogP contribution in [0.4, 0.5) is 4.39 Å². The van der Waals surface area contributed by atoms with Crippen LogP contribution in [0.5, 0.6) is 5.75 Å². The second kappa shape index (κ2) is 10.5. The van der Waals surface area contributed by atoms with Gasteiger partial charge in [0, 0.05) is 29.2 Å². The lowest BCUT2D eigenvalue weighted by Crippen LogP contribution is -2.49. The average Bonchev–Trinajstić information content (AvgIpc) is 3.30. The van der Waals surface area contributed by atoms with E-state index < -0.39 is 5.82 Å². The summed E-state index contributed by atoms with van der Waals surface area (Å²) >= 11 is 11.6. The first-order chi connectivity index (χ1) is 15.9. The molecular weight excluding hydrogens is 470 g/mol. The molecule has 1 aliphatic rings. The van der Waals surface area contributed by atoms with E-state index in [0.29, 0.717) is 23.3 Å². The molecule has 2 aromatic carbocycles. The van der Waals surface area contributed by atoms with Crippen molar-refractivity contribution in [2.75, 3.05) is 19.7 Å². The maximum Gasteiger partial charge on any atom is 0.258 e. The fraction of sp³-hybridized carbons (Fsp3) is 0.348. The standard InChI is InChI=1S/C23H23Cl2FN4O3/c1-2-30-12-16(27-21(31)13-32-17-8-9-18(25)19(26)11-17)7-10-20(30)23-29-28-22(33-23)14-3-5-15(24)6-4-14/h3-6,8-9,11,16,20H,2,7,10,12-13H2,1H3,(H,27,31)/t16-,20+/m0/s1. The van der Waals surface area contributed by atoms with Crippen LogP contribution in [0.2, 0.25) is 10.0 Å². The van der Waals surface area contributed by atoms with Gasteiger partial charge in [-0.2, -0.15) is 0 Å². The Morgan fingerprint density at radius 3 is 2.73 bits per heavy atom. The average molecular weight is 493 g/mol. The van der Waals surface area contributed by atoms with Crippen LogP contribution in [0.15, 0.2) is 46.9 Å². The molecule has 1 N–H and O–H groups in total. The molecule has 0 spiro atoms. The monoisotopic (exact) mass is 492 g/mol. The summed E-state index contributed by atoms with van der Waals surface area (Å²) in [7, 11) is 0. The number of ether oxygens (including phenoxy) is 1. The summed E-state index contributed by atoms with van der Waals surface area (Å²) in [5.41, 5.74) is 0.808. The third-order valence-corrected chi connectivity index (χ3v) is 6.09. The number of nitrogens with one attached hydrogen (secondary N) is 1. The lowest BCUT2D eigenvalue weighted by atomic mass is 9.98. The number of hydrogen-bond donors (Lipinski definition) is 1. The number of piperidine rings is 1. The summed E-state index contributed by atoms with van der Waals surface area (Å²) in [4.78, 5) is 14.5.